The number of carbonyl (C=O) groups is 1. The van der Waals surface area contributed by atoms with Gasteiger partial charge in [0.15, 0.2) is 5.78 Å². The lowest BCUT2D eigenvalue weighted by molar-refractivity contribution is -0.112. The van der Waals surface area contributed by atoms with Gasteiger partial charge in [-0.3, -0.25) is 4.79 Å². The van der Waals surface area contributed by atoms with Gasteiger partial charge in [0.2, 0.25) is 0 Å². The molecule has 0 heterocycles. The van der Waals surface area contributed by atoms with E-state index < -0.39 is 0 Å². The molecule has 1 aliphatic rings. The molecule has 0 spiro atoms. The number of Topliss-reactive ketones (excluding diaryl/α,β-unsaturated/α-hetero) is 1. The lowest BCUT2D eigenvalue weighted by Crippen LogP contribution is -2.12. The average molecular weight is 310 g/mol. The van der Waals surface area contributed by atoms with Gasteiger partial charge in [0, 0.05) is 11.1 Å². The number of hydrogen-bond acceptors (Lipinski definition) is 1. The first-order chi connectivity index (χ1) is 11.1. The van der Waals surface area contributed by atoms with Crippen molar-refractivity contribution in [2.24, 2.45) is 0 Å². The second-order valence-electron chi connectivity index (χ2n) is 5.62. The molecule has 23 heavy (non-hydrogen) atoms. The van der Waals surface area contributed by atoms with Crippen LogP contribution in [0.2, 0.25) is 0 Å². The van der Waals surface area contributed by atoms with Crippen molar-refractivity contribution >= 4 is 17.9 Å². The molecule has 2 aromatic carbocycles. The monoisotopic (exact) mass is 310 g/mol. The summed E-state index contributed by atoms with van der Waals surface area (Å²) in [7, 11) is 0. The highest BCUT2D eigenvalue weighted by atomic mass is 19.1. The third-order valence-electron chi connectivity index (χ3n) is 3.90. The van der Waals surface area contributed by atoms with Gasteiger partial charge in [0.05, 0.1) is 0 Å². The Morgan fingerprint density at radius 2 is 1.09 bits per heavy atom. The summed E-state index contributed by atoms with van der Waals surface area (Å²) < 4.78 is 25.9. The number of ketones is 1. The summed E-state index contributed by atoms with van der Waals surface area (Å²) >= 11 is 0. The summed E-state index contributed by atoms with van der Waals surface area (Å²) in [6.07, 6.45) is 5.97. The Balaban J connectivity index is 1.86. The quantitative estimate of drug-likeness (QED) is 0.698. The molecule has 0 N–H and O–H groups in total. The molecular weight excluding hydrogens is 294 g/mol. The summed E-state index contributed by atoms with van der Waals surface area (Å²) in [5, 5.41) is 0. The molecule has 0 atom stereocenters. The van der Waals surface area contributed by atoms with Crippen LogP contribution in [0.15, 0.2) is 59.7 Å². The van der Waals surface area contributed by atoms with Gasteiger partial charge in [0.25, 0.3) is 0 Å². The SMILES string of the molecule is O=C1/C(=C\c2ccc(F)cc2)CCC/C1=C\c1ccc(F)cc1. The van der Waals surface area contributed by atoms with Crippen molar-refractivity contribution in [3.8, 4) is 0 Å². The predicted molar refractivity (Wildman–Crippen MR) is 87.6 cm³/mol. The van der Waals surface area contributed by atoms with Gasteiger partial charge in [-0.05, 0) is 66.8 Å². The van der Waals surface area contributed by atoms with E-state index in [2.05, 4.69) is 0 Å². The van der Waals surface area contributed by atoms with E-state index in [-0.39, 0.29) is 17.4 Å². The van der Waals surface area contributed by atoms with Crippen LogP contribution in [0.1, 0.15) is 30.4 Å². The minimum absolute atomic E-state index is 0.0184. The maximum absolute atomic E-state index is 13.0. The van der Waals surface area contributed by atoms with Crippen molar-refractivity contribution in [1.29, 1.82) is 0 Å². The first-order valence-electron chi connectivity index (χ1n) is 7.59. The van der Waals surface area contributed by atoms with Crippen LogP contribution in [-0.4, -0.2) is 5.78 Å². The molecule has 0 saturated heterocycles. The van der Waals surface area contributed by atoms with Crippen molar-refractivity contribution in [2.45, 2.75) is 19.3 Å². The highest BCUT2D eigenvalue weighted by Gasteiger charge is 2.20. The van der Waals surface area contributed by atoms with Gasteiger partial charge < -0.3 is 0 Å². The molecule has 1 saturated carbocycles. The second kappa shape index (κ2) is 6.69. The van der Waals surface area contributed by atoms with E-state index in [0.717, 1.165) is 41.5 Å². The molecule has 0 radical (unpaired) electrons. The van der Waals surface area contributed by atoms with Crippen LogP contribution < -0.4 is 0 Å². The Bertz CT molecular complexity index is 703. The lowest BCUT2D eigenvalue weighted by atomic mass is 9.87. The van der Waals surface area contributed by atoms with Gasteiger partial charge in [-0.25, -0.2) is 8.78 Å². The van der Waals surface area contributed by atoms with Gasteiger partial charge in [-0.2, -0.15) is 0 Å². The molecule has 0 aromatic heterocycles. The normalized spacial score (nSPS) is 18.6. The lowest BCUT2D eigenvalue weighted by Gasteiger charge is -2.16. The Morgan fingerprint density at radius 1 is 0.696 bits per heavy atom. The molecule has 116 valence electrons. The zero-order valence-electron chi connectivity index (χ0n) is 12.6. The fourth-order valence-electron chi connectivity index (χ4n) is 2.70. The number of hydrogen-bond donors (Lipinski definition) is 0. The Kier molecular flexibility index (Phi) is 4.47. The van der Waals surface area contributed by atoms with E-state index in [4.69, 9.17) is 0 Å². The van der Waals surface area contributed by atoms with E-state index in [9.17, 15) is 13.6 Å². The number of benzene rings is 2. The van der Waals surface area contributed by atoms with Crippen LogP contribution in [0.5, 0.6) is 0 Å². The minimum Gasteiger partial charge on any atom is -0.289 e. The van der Waals surface area contributed by atoms with Crippen LogP contribution in [0.25, 0.3) is 12.2 Å². The summed E-state index contributed by atoms with van der Waals surface area (Å²) in [6.45, 7) is 0. The average Bonchev–Trinajstić information content (AvgIpc) is 2.55. The minimum atomic E-state index is -0.293. The molecule has 3 rings (SSSR count). The van der Waals surface area contributed by atoms with E-state index in [1.165, 1.54) is 24.3 Å². The van der Waals surface area contributed by atoms with Crippen molar-refractivity contribution in [3.05, 3.63) is 82.4 Å². The molecule has 0 unspecified atom stereocenters. The molecular formula is C20H16F2O. The van der Waals surface area contributed by atoms with Crippen LogP contribution in [-0.2, 0) is 4.79 Å². The van der Waals surface area contributed by atoms with Crippen LogP contribution >= 0.6 is 0 Å². The standard InChI is InChI=1S/C20H16F2O/c21-18-8-4-14(5-9-18)12-16-2-1-3-17(20(16)23)13-15-6-10-19(22)11-7-15/h4-13H,1-3H2/b16-12-,17-13+. The van der Waals surface area contributed by atoms with Gasteiger partial charge in [-0.1, -0.05) is 24.3 Å². The molecule has 1 nitrogen and oxygen atoms in total. The highest BCUT2D eigenvalue weighted by molar-refractivity contribution is 6.13. The van der Waals surface area contributed by atoms with Crippen molar-refractivity contribution in [2.75, 3.05) is 0 Å². The molecule has 2 aromatic rings. The van der Waals surface area contributed by atoms with E-state index in [1.54, 1.807) is 24.3 Å². The number of allylic oxidation sites excluding steroid dienone is 2. The van der Waals surface area contributed by atoms with Crippen LogP contribution in [0.4, 0.5) is 8.78 Å². The molecule has 1 fully saturated rings. The number of halogens is 2. The zero-order chi connectivity index (χ0) is 16.2. The van der Waals surface area contributed by atoms with Crippen LogP contribution in [0.3, 0.4) is 0 Å². The Labute approximate surface area is 134 Å². The predicted octanol–water partition coefficient (Wildman–Crippen LogP) is 5.18. The number of carbonyl (C=O) groups excluding carboxylic acids is 1. The van der Waals surface area contributed by atoms with Crippen LogP contribution in [0, 0.1) is 11.6 Å². The maximum atomic E-state index is 13.0. The Hall–Kier alpha value is -2.55. The molecule has 3 heteroatoms. The van der Waals surface area contributed by atoms with Crippen molar-refractivity contribution < 1.29 is 13.6 Å². The highest BCUT2D eigenvalue weighted by Crippen LogP contribution is 2.28. The summed E-state index contributed by atoms with van der Waals surface area (Å²) in [5.74, 6) is -0.567. The zero-order valence-corrected chi connectivity index (χ0v) is 12.6. The fourth-order valence-corrected chi connectivity index (χ4v) is 2.70. The third-order valence-corrected chi connectivity index (χ3v) is 3.90. The summed E-state index contributed by atoms with van der Waals surface area (Å²) in [6, 6.07) is 12.2. The number of rotatable bonds is 2. The van der Waals surface area contributed by atoms with E-state index in [0.29, 0.717) is 0 Å². The molecule has 0 amide bonds. The van der Waals surface area contributed by atoms with E-state index in [1.807, 2.05) is 12.2 Å². The fraction of sp³-hybridized carbons (Fsp3) is 0.150. The summed E-state index contributed by atoms with van der Waals surface area (Å²) in [5.41, 5.74) is 3.10. The van der Waals surface area contributed by atoms with Gasteiger partial charge in [-0.15, -0.1) is 0 Å². The first kappa shape index (κ1) is 15.3. The molecule has 0 aliphatic heterocycles. The maximum Gasteiger partial charge on any atom is 0.185 e. The molecule has 0 bridgehead atoms. The van der Waals surface area contributed by atoms with Gasteiger partial charge in [0.1, 0.15) is 11.6 Å². The largest absolute Gasteiger partial charge is 0.289 e. The second-order valence-corrected chi connectivity index (χ2v) is 5.62. The third kappa shape index (κ3) is 3.81. The van der Waals surface area contributed by atoms with Crippen molar-refractivity contribution in [1.82, 2.24) is 0 Å². The Morgan fingerprint density at radius 3 is 1.48 bits per heavy atom. The topological polar surface area (TPSA) is 17.1 Å². The smallest absolute Gasteiger partial charge is 0.185 e. The van der Waals surface area contributed by atoms with Crippen molar-refractivity contribution in [3.63, 3.8) is 0 Å². The first-order valence-corrected chi connectivity index (χ1v) is 7.59. The molecule has 1 aliphatic carbocycles. The van der Waals surface area contributed by atoms with E-state index >= 15 is 0 Å². The summed E-state index contributed by atoms with van der Waals surface area (Å²) in [4.78, 5) is 12.6. The van der Waals surface area contributed by atoms with Gasteiger partial charge >= 0.3 is 0 Å².